The van der Waals surface area contributed by atoms with Gasteiger partial charge in [0.1, 0.15) is 16.8 Å². The van der Waals surface area contributed by atoms with Crippen LogP contribution in [-0.2, 0) is 17.3 Å². The Morgan fingerprint density at radius 2 is 2.12 bits per heavy atom. The maximum Gasteiger partial charge on any atom is 0.433 e. The van der Waals surface area contributed by atoms with Crippen LogP contribution in [0.3, 0.4) is 0 Å². The molecule has 1 unspecified atom stereocenters. The molecule has 3 aromatic rings. The van der Waals surface area contributed by atoms with Crippen LogP contribution in [0.2, 0.25) is 0 Å². The van der Waals surface area contributed by atoms with Gasteiger partial charge in [-0.1, -0.05) is 5.16 Å². The molecule has 3 aromatic heterocycles. The predicted octanol–water partition coefficient (Wildman–Crippen LogP) is 4.30. The molecule has 0 amide bonds. The summed E-state index contributed by atoms with van der Waals surface area (Å²) in [5.41, 5.74) is -0.0841. The molecule has 0 radical (unpaired) electrons. The molecule has 3 rings (SSSR count). The van der Waals surface area contributed by atoms with Crippen LogP contribution in [0, 0.1) is 0 Å². The summed E-state index contributed by atoms with van der Waals surface area (Å²) in [4.78, 5) is 11.9. The number of hydrogen-bond donors (Lipinski definition) is 0. The fourth-order valence-electron chi connectivity index (χ4n) is 2.24. The fourth-order valence-corrected chi connectivity index (χ4v) is 3.06. The number of thiazole rings is 1. The van der Waals surface area contributed by atoms with E-state index in [4.69, 9.17) is 9.26 Å². The van der Waals surface area contributed by atoms with E-state index in [1.807, 2.05) is 19.2 Å². The highest BCUT2D eigenvalue weighted by atomic mass is 32.1. The average Bonchev–Trinajstić information content (AvgIpc) is 3.25. The number of nitrogens with zero attached hydrogens (tertiary/aromatic N) is 4. The number of pyridine rings is 1. The monoisotopic (exact) mass is 384 g/mol. The van der Waals surface area contributed by atoms with Crippen molar-refractivity contribution in [3.8, 4) is 11.4 Å². The first-order valence-electron chi connectivity index (χ1n) is 7.79. The third kappa shape index (κ3) is 4.25. The van der Waals surface area contributed by atoms with Gasteiger partial charge in [-0.25, -0.2) is 4.98 Å². The number of alkyl halides is 3. The molecule has 138 valence electrons. The number of hydrogen-bond acceptors (Lipinski definition) is 7. The molecule has 10 heteroatoms. The van der Waals surface area contributed by atoms with Gasteiger partial charge in [0.05, 0.1) is 12.1 Å². The Morgan fingerprint density at radius 3 is 2.85 bits per heavy atom. The molecule has 0 bridgehead atoms. The zero-order valence-electron chi connectivity index (χ0n) is 13.9. The van der Waals surface area contributed by atoms with E-state index in [2.05, 4.69) is 20.1 Å². The maximum atomic E-state index is 12.8. The Morgan fingerprint density at radius 1 is 1.31 bits per heavy atom. The highest BCUT2D eigenvalue weighted by molar-refractivity contribution is 7.09. The third-order valence-corrected chi connectivity index (χ3v) is 4.50. The molecular formula is C16H15F3N4O2S. The lowest BCUT2D eigenvalue weighted by Crippen LogP contribution is -2.07. The van der Waals surface area contributed by atoms with Crippen LogP contribution in [0.1, 0.15) is 42.2 Å². The summed E-state index contributed by atoms with van der Waals surface area (Å²) in [6.07, 6.45) is -3.28. The largest absolute Gasteiger partial charge is 0.433 e. The summed E-state index contributed by atoms with van der Waals surface area (Å²) in [5.74, 6) is 0.345. The van der Waals surface area contributed by atoms with Gasteiger partial charge in [0.2, 0.25) is 11.7 Å². The van der Waals surface area contributed by atoms with Crippen molar-refractivity contribution < 1.29 is 22.4 Å². The molecule has 0 N–H and O–H groups in total. The molecule has 0 spiro atoms. The molecule has 0 saturated heterocycles. The minimum Gasteiger partial charge on any atom is -0.372 e. The Labute approximate surface area is 151 Å². The van der Waals surface area contributed by atoms with Crippen molar-refractivity contribution in [1.82, 2.24) is 20.1 Å². The van der Waals surface area contributed by atoms with Crippen LogP contribution in [0.5, 0.6) is 0 Å². The lowest BCUT2D eigenvalue weighted by Gasteiger charge is -2.06. The summed E-state index contributed by atoms with van der Waals surface area (Å²) < 4.78 is 48.9. The lowest BCUT2D eigenvalue weighted by molar-refractivity contribution is -0.141. The van der Waals surface area contributed by atoms with Crippen molar-refractivity contribution in [1.29, 1.82) is 0 Å². The smallest absolute Gasteiger partial charge is 0.372 e. The standard InChI is InChI=1S/C16H15F3N4O2S/c1-3-24-9(2)15-21-11(8-26-15)7-13-22-14(23-25-13)10-4-5-20-12(6-10)16(17,18)19/h4-6,8-9H,3,7H2,1-2H3. The van der Waals surface area contributed by atoms with Crippen LogP contribution >= 0.6 is 11.3 Å². The molecule has 3 heterocycles. The van der Waals surface area contributed by atoms with Gasteiger partial charge in [-0.3, -0.25) is 4.98 Å². The molecule has 0 aliphatic rings. The zero-order valence-corrected chi connectivity index (χ0v) is 14.8. The van der Waals surface area contributed by atoms with Crippen molar-refractivity contribution in [3.05, 3.63) is 46.0 Å². The summed E-state index contributed by atoms with van der Waals surface area (Å²) in [7, 11) is 0. The number of aromatic nitrogens is 4. The summed E-state index contributed by atoms with van der Waals surface area (Å²) in [6.45, 7) is 4.42. The predicted molar refractivity (Wildman–Crippen MR) is 87.5 cm³/mol. The molecular weight excluding hydrogens is 369 g/mol. The SMILES string of the molecule is CCOC(C)c1nc(Cc2nc(-c3ccnc(C(F)(F)F)c3)no2)cs1. The maximum absolute atomic E-state index is 12.8. The van der Waals surface area contributed by atoms with Gasteiger partial charge in [0, 0.05) is 23.7 Å². The highest BCUT2D eigenvalue weighted by Crippen LogP contribution is 2.30. The Kier molecular flexibility index (Phi) is 5.33. The number of halogens is 3. The Balaban J connectivity index is 1.75. The molecule has 0 aliphatic heterocycles. The van der Waals surface area contributed by atoms with Crippen LogP contribution in [0.25, 0.3) is 11.4 Å². The van der Waals surface area contributed by atoms with E-state index in [0.29, 0.717) is 13.0 Å². The second-order valence-corrected chi connectivity index (χ2v) is 6.28. The normalized spacial score (nSPS) is 13.1. The topological polar surface area (TPSA) is 73.9 Å². The van der Waals surface area contributed by atoms with Gasteiger partial charge < -0.3 is 9.26 Å². The molecule has 0 saturated carbocycles. The van der Waals surface area contributed by atoms with Crippen LogP contribution in [0.4, 0.5) is 13.2 Å². The molecule has 0 aromatic carbocycles. The van der Waals surface area contributed by atoms with E-state index in [-0.39, 0.29) is 23.4 Å². The lowest BCUT2D eigenvalue weighted by atomic mass is 10.2. The second kappa shape index (κ2) is 7.50. The van der Waals surface area contributed by atoms with Crippen molar-refractivity contribution >= 4 is 11.3 Å². The Bertz CT molecular complexity index is 878. The van der Waals surface area contributed by atoms with Gasteiger partial charge in [0.25, 0.3) is 0 Å². The van der Waals surface area contributed by atoms with Crippen molar-refractivity contribution in [3.63, 3.8) is 0 Å². The fraction of sp³-hybridized carbons (Fsp3) is 0.375. The van der Waals surface area contributed by atoms with Gasteiger partial charge >= 0.3 is 6.18 Å². The minimum atomic E-state index is -4.53. The van der Waals surface area contributed by atoms with Crippen LogP contribution in [-0.4, -0.2) is 26.7 Å². The second-order valence-electron chi connectivity index (χ2n) is 5.39. The van der Waals surface area contributed by atoms with Crippen molar-refractivity contribution in [2.24, 2.45) is 0 Å². The minimum absolute atomic E-state index is 0.0750. The number of rotatable bonds is 6. The summed E-state index contributed by atoms with van der Waals surface area (Å²) in [5, 5.41) is 6.45. The van der Waals surface area contributed by atoms with E-state index < -0.39 is 11.9 Å². The van der Waals surface area contributed by atoms with E-state index in [1.165, 1.54) is 17.4 Å². The molecule has 0 aliphatic carbocycles. The van der Waals surface area contributed by atoms with Crippen LogP contribution in [0.15, 0.2) is 28.2 Å². The summed E-state index contributed by atoms with van der Waals surface area (Å²) >= 11 is 1.47. The van der Waals surface area contributed by atoms with Crippen molar-refractivity contribution in [2.75, 3.05) is 6.61 Å². The first kappa shape index (κ1) is 18.5. The van der Waals surface area contributed by atoms with E-state index in [0.717, 1.165) is 23.0 Å². The first-order valence-corrected chi connectivity index (χ1v) is 8.67. The average molecular weight is 384 g/mol. The Hall–Kier alpha value is -2.33. The highest BCUT2D eigenvalue weighted by Gasteiger charge is 2.32. The van der Waals surface area contributed by atoms with Gasteiger partial charge in [-0.2, -0.15) is 18.2 Å². The third-order valence-electron chi connectivity index (χ3n) is 3.44. The van der Waals surface area contributed by atoms with Gasteiger partial charge in [-0.05, 0) is 26.0 Å². The van der Waals surface area contributed by atoms with E-state index in [9.17, 15) is 13.2 Å². The van der Waals surface area contributed by atoms with E-state index in [1.54, 1.807) is 0 Å². The quantitative estimate of drug-likeness (QED) is 0.631. The molecule has 26 heavy (non-hydrogen) atoms. The van der Waals surface area contributed by atoms with Gasteiger partial charge in [-0.15, -0.1) is 11.3 Å². The molecule has 1 atom stereocenters. The first-order chi connectivity index (χ1) is 12.4. The molecule has 6 nitrogen and oxygen atoms in total. The number of ether oxygens (including phenoxy) is 1. The van der Waals surface area contributed by atoms with E-state index >= 15 is 0 Å². The van der Waals surface area contributed by atoms with Crippen molar-refractivity contribution in [2.45, 2.75) is 32.5 Å². The van der Waals surface area contributed by atoms with Crippen LogP contribution < -0.4 is 0 Å². The zero-order chi connectivity index (χ0) is 18.7. The van der Waals surface area contributed by atoms with Gasteiger partial charge in [0.15, 0.2) is 0 Å². The molecule has 0 fully saturated rings. The summed E-state index contributed by atoms with van der Waals surface area (Å²) in [6, 6.07) is 2.29.